The monoisotopic (exact) mass is 433 g/mol. The van der Waals surface area contributed by atoms with E-state index in [1.165, 1.54) is 23.2 Å². The summed E-state index contributed by atoms with van der Waals surface area (Å²) in [4.78, 5) is 42.5. The van der Waals surface area contributed by atoms with Crippen LogP contribution in [0.5, 0.6) is 0 Å². The number of hydrogen-bond acceptors (Lipinski definition) is 5. The van der Waals surface area contributed by atoms with Crippen LogP contribution in [0.25, 0.3) is 10.9 Å². The maximum atomic E-state index is 12.8. The van der Waals surface area contributed by atoms with Crippen molar-refractivity contribution in [3.05, 3.63) is 45.1 Å². The zero-order valence-corrected chi connectivity index (χ0v) is 18.1. The van der Waals surface area contributed by atoms with Crippen LogP contribution in [0.2, 0.25) is 0 Å². The van der Waals surface area contributed by atoms with Gasteiger partial charge in [-0.15, -0.1) is 0 Å². The van der Waals surface area contributed by atoms with Crippen LogP contribution >= 0.6 is 21.6 Å². The molecule has 2 aromatic rings. The van der Waals surface area contributed by atoms with Crippen LogP contribution in [0.4, 0.5) is 0 Å². The molecule has 4 rings (SSSR count). The van der Waals surface area contributed by atoms with E-state index >= 15 is 0 Å². The minimum Gasteiger partial charge on any atom is -0.343 e. The van der Waals surface area contributed by atoms with E-state index in [0.29, 0.717) is 43.3 Å². The van der Waals surface area contributed by atoms with Crippen LogP contribution in [-0.4, -0.2) is 44.5 Å². The van der Waals surface area contributed by atoms with E-state index < -0.39 is 0 Å². The molecule has 0 bridgehead atoms. The number of fused-ring (bicyclic) bond motifs is 1. The molecule has 0 radical (unpaired) electrons. The lowest BCUT2D eigenvalue weighted by molar-refractivity contribution is -0.132. The zero-order valence-electron chi connectivity index (χ0n) is 16.5. The molecule has 0 saturated carbocycles. The second-order valence-corrected chi connectivity index (χ2v) is 10.6. The molecule has 1 aromatic carbocycles. The van der Waals surface area contributed by atoms with Crippen LogP contribution in [0.1, 0.15) is 51.0 Å². The van der Waals surface area contributed by atoms with Crippen LogP contribution in [0.3, 0.4) is 0 Å². The minimum absolute atomic E-state index is 0.156. The summed E-state index contributed by atoms with van der Waals surface area (Å²) in [5.41, 5.74) is -0.0283. The highest BCUT2D eigenvalue weighted by Gasteiger charge is 2.26. The summed E-state index contributed by atoms with van der Waals surface area (Å²) in [6.07, 6.45) is 6.45. The fourth-order valence-electron chi connectivity index (χ4n) is 4.25. The van der Waals surface area contributed by atoms with Gasteiger partial charge in [0.15, 0.2) is 0 Å². The second kappa shape index (κ2) is 9.43. The van der Waals surface area contributed by atoms with Gasteiger partial charge in [0.2, 0.25) is 5.91 Å². The van der Waals surface area contributed by atoms with Gasteiger partial charge < -0.3 is 9.88 Å². The number of benzene rings is 1. The van der Waals surface area contributed by atoms with Crippen LogP contribution in [0.15, 0.2) is 33.9 Å². The maximum Gasteiger partial charge on any atom is 0.329 e. The van der Waals surface area contributed by atoms with Gasteiger partial charge in [-0.1, -0.05) is 40.1 Å². The highest BCUT2D eigenvalue weighted by molar-refractivity contribution is 8.77. The summed E-state index contributed by atoms with van der Waals surface area (Å²) in [6, 6.07) is 6.94. The normalized spacial score (nSPS) is 20.4. The number of unbranched alkanes of at least 4 members (excludes halogenated alkanes) is 1. The molecule has 1 aromatic heterocycles. The van der Waals surface area contributed by atoms with Crippen LogP contribution < -0.4 is 11.2 Å². The van der Waals surface area contributed by atoms with Gasteiger partial charge in [0, 0.05) is 36.6 Å². The Bertz CT molecular complexity index is 973. The van der Waals surface area contributed by atoms with Gasteiger partial charge in [-0.25, -0.2) is 4.79 Å². The predicted molar refractivity (Wildman–Crippen MR) is 121 cm³/mol. The van der Waals surface area contributed by atoms with E-state index in [1.807, 2.05) is 26.5 Å². The fraction of sp³-hybridized carbons (Fsp3) is 0.571. The van der Waals surface area contributed by atoms with Crippen LogP contribution in [0, 0.1) is 0 Å². The number of aromatic nitrogens is 2. The molecule has 8 heteroatoms. The number of para-hydroxylation sites is 1. The first-order valence-corrected chi connectivity index (χ1v) is 12.8. The Morgan fingerprint density at radius 1 is 1.10 bits per heavy atom. The molecule has 0 aliphatic carbocycles. The Hall–Kier alpha value is -1.67. The molecule has 2 aliphatic heterocycles. The molecule has 0 spiro atoms. The smallest absolute Gasteiger partial charge is 0.329 e. The number of H-pyrrole nitrogens is 1. The lowest BCUT2D eigenvalue weighted by Crippen LogP contribution is -2.45. The molecule has 2 saturated heterocycles. The molecule has 29 heavy (non-hydrogen) atoms. The van der Waals surface area contributed by atoms with Crippen LogP contribution in [-0.2, 0) is 4.79 Å². The second-order valence-electron chi connectivity index (χ2n) is 7.84. The van der Waals surface area contributed by atoms with E-state index in [-0.39, 0.29) is 23.2 Å². The molecule has 2 aliphatic rings. The molecule has 1 N–H and O–H groups in total. The van der Waals surface area contributed by atoms with Crippen molar-refractivity contribution in [2.24, 2.45) is 0 Å². The average molecular weight is 434 g/mol. The molecule has 1 atom stereocenters. The maximum absolute atomic E-state index is 12.8. The molecular weight excluding hydrogens is 406 g/mol. The van der Waals surface area contributed by atoms with Crippen molar-refractivity contribution < 1.29 is 4.79 Å². The average Bonchev–Trinajstić information content (AvgIpc) is 3.25. The number of likely N-dealkylation sites (tertiary alicyclic amines) is 1. The van der Waals surface area contributed by atoms with Crippen molar-refractivity contribution in [2.45, 2.75) is 56.2 Å². The van der Waals surface area contributed by atoms with E-state index in [9.17, 15) is 14.4 Å². The van der Waals surface area contributed by atoms with Gasteiger partial charge in [-0.05, 0) is 44.2 Å². The zero-order chi connectivity index (χ0) is 20.2. The van der Waals surface area contributed by atoms with Crippen molar-refractivity contribution in [3.63, 3.8) is 0 Å². The van der Waals surface area contributed by atoms with Gasteiger partial charge in [-0.3, -0.25) is 14.2 Å². The van der Waals surface area contributed by atoms with Crippen molar-refractivity contribution in [2.75, 3.05) is 18.8 Å². The van der Waals surface area contributed by atoms with Gasteiger partial charge >= 0.3 is 5.69 Å². The minimum atomic E-state index is -0.360. The summed E-state index contributed by atoms with van der Waals surface area (Å²) >= 11 is 0. The molecular formula is C21H27N3O3S2. The van der Waals surface area contributed by atoms with E-state index in [0.717, 1.165) is 18.1 Å². The first-order chi connectivity index (χ1) is 14.1. The number of carbonyl (C=O) groups excluding carboxylic acids is 1. The van der Waals surface area contributed by atoms with E-state index in [1.54, 1.807) is 24.3 Å². The lowest BCUT2D eigenvalue weighted by Gasteiger charge is -2.32. The number of aromatic amines is 1. The number of rotatable bonds is 6. The Morgan fingerprint density at radius 2 is 1.90 bits per heavy atom. The van der Waals surface area contributed by atoms with Crippen molar-refractivity contribution in [1.82, 2.24) is 14.5 Å². The first-order valence-electron chi connectivity index (χ1n) is 10.4. The summed E-state index contributed by atoms with van der Waals surface area (Å²) in [7, 11) is 3.96. The third kappa shape index (κ3) is 4.74. The SMILES string of the molecule is O=C(CCCC[C@@H]1CCSS1)N1CCC(n2c(=O)[nH]c3ccccc3c2=O)CC1. The van der Waals surface area contributed by atoms with E-state index in [4.69, 9.17) is 0 Å². The number of hydrogen-bond donors (Lipinski definition) is 1. The largest absolute Gasteiger partial charge is 0.343 e. The standard InChI is InChI=1S/C21H27N3O3S2/c25-19(8-4-1-5-16-11-14-28-29-16)23-12-9-15(10-13-23)24-20(26)17-6-2-3-7-18(17)22-21(24)27/h2-3,6-7,15-16H,1,4-5,8-14H2,(H,22,27)/t16-/m1/s1. The Morgan fingerprint density at radius 3 is 2.66 bits per heavy atom. The molecule has 1 amide bonds. The summed E-state index contributed by atoms with van der Waals surface area (Å²) in [5.74, 6) is 1.46. The number of carbonyl (C=O) groups is 1. The molecule has 6 nitrogen and oxygen atoms in total. The third-order valence-corrected chi connectivity index (χ3v) is 8.92. The van der Waals surface area contributed by atoms with Gasteiger partial charge in [0.25, 0.3) is 5.56 Å². The Kier molecular flexibility index (Phi) is 6.70. The number of nitrogens with zero attached hydrogens (tertiary/aromatic N) is 2. The fourth-order valence-corrected chi connectivity index (χ4v) is 7.28. The topological polar surface area (TPSA) is 75.2 Å². The van der Waals surface area contributed by atoms with Gasteiger partial charge in [0.05, 0.1) is 10.9 Å². The number of piperidine rings is 1. The molecule has 3 heterocycles. The Balaban J connectivity index is 1.31. The lowest BCUT2D eigenvalue weighted by atomic mass is 10.0. The summed E-state index contributed by atoms with van der Waals surface area (Å²) in [6.45, 7) is 1.22. The summed E-state index contributed by atoms with van der Waals surface area (Å²) < 4.78 is 1.35. The molecule has 2 fully saturated rings. The van der Waals surface area contributed by atoms with Gasteiger partial charge in [-0.2, -0.15) is 0 Å². The van der Waals surface area contributed by atoms with E-state index in [2.05, 4.69) is 4.98 Å². The highest BCUT2D eigenvalue weighted by atomic mass is 33.1. The first kappa shape index (κ1) is 20.6. The molecule has 0 unspecified atom stereocenters. The summed E-state index contributed by atoms with van der Waals surface area (Å²) in [5, 5.41) is 1.30. The van der Waals surface area contributed by atoms with Crippen molar-refractivity contribution >= 4 is 38.4 Å². The quantitative estimate of drug-likeness (QED) is 0.557. The van der Waals surface area contributed by atoms with Gasteiger partial charge in [0.1, 0.15) is 0 Å². The Labute approximate surface area is 177 Å². The van der Waals surface area contributed by atoms with Crippen molar-refractivity contribution in [1.29, 1.82) is 0 Å². The van der Waals surface area contributed by atoms with Crippen molar-refractivity contribution in [3.8, 4) is 0 Å². The highest BCUT2D eigenvalue weighted by Crippen LogP contribution is 2.39. The predicted octanol–water partition coefficient (Wildman–Crippen LogP) is 3.57. The number of nitrogens with one attached hydrogen (secondary N) is 1. The molecule has 156 valence electrons. The third-order valence-electron chi connectivity index (χ3n) is 5.91. The number of amides is 1.